The van der Waals surface area contributed by atoms with Crippen molar-refractivity contribution in [3.8, 4) is 5.75 Å². The summed E-state index contributed by atoms with van der Waals surface area (Å²) < 4.78 is 5.37. The van der Waals surface area contributed by atoms with Gasteiger partial charge in [0.15, 0.2) is 0 Å². The number of hydrogen-bond acceptors (Lipinski definition) is 3. The van der Waals surface area contributed by atoms with Crippen LogP contribution in [0, 0.1) is 5.92 Å². The minimum Gasteiger partial charge on any atom is -0.494 e. The van der Waals surface area contributed by atoms with Crippen molar-refractivity contribution in [1.29, 1.82) is 0 Å². The van der Waals surface area contributed by atoms with Crippen molar-refractivity contribution >= 4 is 10.9 Å². The Kier molecular flexibility index (Phi) is 3.38. The Morgan fingerprint density at radius 2 is 2.11 bits per heavy atom. The summed E-state index contributed by atoms with van der Waals surface area (Å²) in [5.74, 6) is 1.72. The molecule has 1 fully saturated rings. The van der Waals surface area contributed by atoms with Crippen molar-refractivity contribution in [3.05, 3.63) is 36.0 Å². The van der Waals surface area contributed by atoms with E-state index in [0.717, 1.165) is 34.8 Å². The highest BCUT2D eigenvalue weighted by molar-refractivity contribution is 5.84. The molecule has 0 unspecified atom stereocenters. The molecule has 1 aliphatic rings. The average Bonchev–Trinajstić information content (AvgIpc) is 2.41. The number of para-hydroxylation sites is 1. The van der Waals surface area contributed by atoms with Crippen LogP contribution in [0.3, 0.4) is 0 Å². The van der Waals surface area contributed by atoms with Gasteiger partial charge >= 0.3 is 0 Å². The average molecular weight is 256 g/mol. The predicted molar refractivity (Wildman–Crippen MR) is 77.3 cm³/mol. The molecule has 3 heteroatoms. The van der Waals surface area contributed by atoms with Gasteiger partial charge in [0.25, 0.3) is 0 Å². The molecule has 19 heavy (non-hydrogen) atoms. The van der Waals surface area contributed by atoms with E-state index in [4.69, 9.17) is 9.72 Å². The molecule has 3 rings (SSSR count). The van der Waals surface area contributed by atoms with Gasteiger partial charge in [-0.05, 0) is 30.9 Å². The van der Waals surface area contributed by atoms with Crippen molar-refractivity contribution in [1.82, 2.24) is 10.3 Å². The first-order valence-corrected chi connectivity index (χ1v) is 6.92. The lowest BCUT2D eigenvalue weighted by Gasteiger charge is -2.33. The van der Waals surface area contributed by atoms with E-state index in [9.17, 15) is 0 Å². The molecule has 0 radical (unpaired) electrons. The molecular weight excluding hydrogens is 236 g/mol. The molecule has 0 aliphatic heterocycles. The fourth-order valence-electron chi connectivity index (χ4n) is 2.74. The van der Waals surface area contributed by atoms with Crippen LogP contribution in [0.15, 0.2) is 30.3 Å². The van der Waals surface area contributed by atoms with Gasteiger partial charge in [0.05, 0.1) is 12.8 Å². The second-order valence-electron chi connectivity index (χ2n) is 5.49. The quantitative estimate of drug-likeness (QED) is 0.912. The largest absolute Gasteiger partial charge is 0.494 e. The molecule has 1 aromatic carbocycles. The van der Waals surface area contributed by atoms with Crippen molar-refractivity contribution < 1.29 is 4.74 Å². The lowest BCUT2D eigenvalue weighted by atomic mass is 9.82. The molecule has 1 aliphatic carbocycles. The van der Waals surface area contributed by atoms with Gasteiger partial charge in [-0.3, -0.25) is 0 Å². The van der Waals surface area contributed by atoms with E-state index in [2.05, 4.69) is 30.4 Å². The van der Waals surface area contributed by atoms with Crippen LogP contribution in [0.5, 0.6) is 5.75 Å². The maximum atomic E-state index is 5.37. The fourth-order valence-corrected chi connectivity index (χ4v) is 2.74. The summed E-state index contributed by atoms with van der Waals surface area (Å²) in [4.78, 5) is 4.71. The summed E-state index contributed by atoms with van der Waals surface area (Å²) in [6.07, 6.45) is 2.58. The zero-order chi connectivity index (χ0) is 13.2. The minimum atomic E-state index is 0.671. The minimum absolute atomic E-state index is 0.671. The second-order valence-corrected chi connectivity index (χ2v) is 5.49. The molecule has 100 valence electrons. The molecule has 1 heterocycles. The van der Waals surface area contributed by atoms with Crippen molar-refractivity contribution in [2.24, 2.45) is 5.92 Å². The van der Waals surface area contributed by atoms with Crippen LogP contribution in [0.1, 0.15) is 25.5 Å². The number of nitrogens with one attached hydrogen (secondary N) is 1. The Balaban J connectivity index is 1.76. The lowest BCUT2D eigenvalue weighted by molar-refractivity contribution is 0.240. The number of methoxy groups -OCH3 is 1. The van der Waals surface area contributed by atoms with Crippen LogP contribution in [0.4, 0.5) is 0 Å². The number of hydrogen-bond donors (Lipinski definition) is 1. The first-order valence-electron chi connectivity index (χ1n) is 6.92. The normalized spacial score (nSPS) is 22.2. The van der Waals surface area contributed by atoms with Crippen LogP contribution in [-0.2, 0) is 6.54 Å². The number of nitrogens with zero attached hydrogens (tertiary/aromatic N) is 1. The number of pyridine rings is 1. The van der Waals surface area contributed by atoms with E-state index in [-0.39, 0.29) is 0 Å². The van der Waals surface area contributed by atoms with Crippen LogP contribution in [0.2, 0.25) is 0 Å². The monoisotopic (exact) mass is 256 g/mol. The first-order chi connectivity index (χ1) is 9.26. The molecule has 0 bridgehead atoms. The Bertz CT molecular complexity index is 576. The van der Waals surface area contributed by atoms with Crippen molar-refractivity contribution in [3.63, 3.8) is 0 Å². The van der Waals surface area contributed by atoms with Gasteiger partial charge in [-0.1, -0.05) is 25.1 Å². The first kappa shape index (κ1) is 12.4. The second kappa shape index (κ2) is 5.17. The lowest BCUT2D eigenvalue weighted by Crippen LogP contribution is -2.39. The molecule has 0 atom stereocenters. The standard InChI is InChI=1S/C16H20N2O/c1-11-8-14(9-11)17-10-13-7-6-12-4-3-5-15(19-2)16(12)18-13/h3-7,11,14,17H,8-10H2,1-2H3. The van der Waals surface area contributed by atoms with Gasteiger partial charge in [-0.15, -0.1) is 0 Å². The third kappa shape index (κ3) is 2.56. The van der Waals surface area contributed by atoms with Gasteiger partial charge in [0.2, 0.25) is 0 Å². The van der Waals surface area contributed by atoms with Crippen LogP contribution < -0.4 is 10.1 Å². The number of rotatable bonds is 4. The van der Waals surface area contributed by atoms with Gasteiger partial charge < -0.3 is 10.1 Å². The Morgan fingerprint density at radius 1 is 1.26 bits per heavy atom. The number of fused-ring (bicyclic) bond motifs is 1. The molecule has 0 amide bonds. The van der Waals surface area contributed by atoms with Crippen LogP contribution in [0.25, 0.3) is 10.9 Å². The zero-order valence-electron chi connectivity index (χ0n) is 11.5. The fraction of sp³-hybridized carbons (Fsp3) is 0.438. The summed E-state index contributed by atoms with van der Waals surface area (Å²) in [6.45, 7) is 3.14. The summed E-state index contributed by atoms with van der Waals surface area (Å²) in [7, 11) is 1.69. The maximum Gasteiger partial charge on any atom is 0.145 e. The van der Waals surface area contributed by atoms with Crippen LogP contribution in [-0.4, -0.2) is 18.1 Å². The third-order valence-electron chi connectivity index (χ3n) is 3.91. The van der Waals surface area contributed by atoms with E-state index in [1.54, 1.807) is 7.11 Å². The Morgan fingerprint density at radius 3 is 2.84 bits per heavy atom. The van der Waals surface area contributed by atoms with Gasteiger partial charge in [0, 0.05) is 18.0 Å². The highest BCUT2D eigenvalue weighted by Gasteiger charge is 2.24. The summed E-state index contributed by atoms with van der Waals surface area (Å²) in [5.41, 5.74) is 2.03. The van der Waals surface area contributed by atoms with Crippen LogP contribution >= 0.6 is 0 Å². The van der Waals surface area contributed by atoms with Crippen molar-refractivity contribution in [2.45, 2.75) is 32.4 Å². The number of benzene rings is 1. The zero-order valence-corrected chi connectivity index (χ0v) is 11.5. The summed E-state index contributed by atoms with van der Waals surface area (Å²) in [6, 6.07) is 10.9. The molecule has 1 aromatic heterocycles. The van der Waals surface area contributed by atoms with Gasteiger partial charge in [0.1, 0.15) is 11.3 Å². The number of aromatic nitrogens is 1. The molecule has 3 nitrogen and oxygen atoms in total. The van der Waals surface area contributed by atoms with E-state index in [1.807, 2.05) is 12.1 Å². The van der Waals surface area contributed by atoms with E-state index in [1.165, 1.54) is 12.8 Å². The Hall–Kier alpha value is -1.61. The third-order valence-corrected chi connectivity index (χ3v) is 3.91. The van der Waals surface area contributed by atoms with E-state index in [0.29, 0.717) is 6.04 Å². The Labute approximate surface area is 114 Å². The van der Waals surface area contributed by atoms with Gasteiger partial charge in [-0.25, -0.2) is 4.98 Å². The molecule has 0 saturated heterocycles. The maximum absolute atomic E-state index is 5.37. The van der Waals surface area contributed by atoms with E-state index >= 15 is 0 Å². The molecule has 1 saturated carbocycles. The van der Waals surface area contributed by atoms with Crippen molar-refractivity contribution in [2.75, 3.05) is 7.11 Å². The summed E-state index contributed by atoms with van der Waals surface area (Å²) in [5, 5.41) is 4.69. The van der Waals surface area contributed by atoms with E-state index < -0.39 is 0 Å². The number of ether oxygens (including phenoxy) is 1. The molecular formula is C16H20N2O. The SMILES string of the molecule is COc1cccc2ccc(CNC3CC(C)C3)nc12. The molecule has 1 N–H and O–H groups in total. The smallest absolute Gasteiger partial charge is 0.145 e. The van der Waals surface area contributed by atoms with Gasteiger partial charge in [-0.2, -0.15) is 0 Å². The molecule has 2 aromatic rings. The highest BCUT2D eigenvalue weighted by Crippen LogP contribution is 2.27. The predicted octanol–water partition coefficient (Wildman–Crippen LogP) is 3.13. The topological polar surface area (TPSA) is 34.1 Å². The summed E-state index contributed by atoms with van der Waals surface area (Å²) >= 11 is 0. The highest BCUT2D eigenvalue weighted by atomic mass is 16.5. The molecule has 0 spiro atoms.